The minimum atomic E-state index is -3.85. The van der Waals surface area contributed by atoms with Crippen molar-refractivity contribution < 1.29 is 12.8 Å². The summed E-state index contributed by atoms with van der Waals surface area (Å²) in [4.78, 5) is 2.73. The fourth-order valence-corrected chi connectivity index (χ4v) is 2.37. The summed E-state index contributed by atoms with van der Waals surface area (Å²) in [5.41, 5.74) is 0. The fraction of sp³-hybridized carbons (Fsp3) is 0.375. The SMILES string of the molecule is CC(C)NS(=O)(=O)c1ccc(Cl)nc1F. The molecule has 0 bridgehead atoms. The monoisotopic (exact) mass is 252 g/mol. The summed E-state index contributed by atoms with van der Waals surface area (Å²) in [7, 11) is -3.85. The molecule has 1 heterocycles. The predicted octanol–water partition coefficient (Wildman–Crippen LogP) is 1.56. The van der Waals surface area contributed by atoms with Crippen molar-refractivity contribution in [3.63, 3.8) is 0 Å². The smallest absolute Gasteiger partial charge is 0.208 e. The molecule has 0 aliphatic carbocycles. The molecule has 0 fully saturated rings. The van der Waals surface area contributed by atoms with Crippen molar-refractivity contribution in [2.45, 2.75) is 24.8 Å². The van der Waals surface area contributed by atoms with E-state index >= 15 is 0 Å². The van der Waals surface area contributed by atoms with Crippen LogP contribution in [0, 0.1) is 5.95 Å². The van der Waals surface area contributed by atoms with Gasteiger partial charge in [0.2, 0.25) is 16.0 Å². The number of aromatic nitrogens is 1. The number of rotatable bonds is 3. The highest BCUT2D eigenvalue weighted by Gasteiger charge is 2.20. The summed E-state index contributed by atoms with van der Waals surface area (Å²) in [6.45, 7) is 3.28. The lowest BCUT2D eigenvalue weighted by Crippen LogP contribution is -2.31. The van der Waals surface area contributed by atoms with Crippen LogP contribution < -0.4 is 4.72 Å². The third-order valence-electron chi connectivity index (χ3n) is 1.46. The van der Waals surface area contributed by atoms with Crippen LogP contribution in [0.3, 0.4) is 0 Å². The second kappa shape index (κ2) is 4.42. The molecule has 1 aromatic heterocycles. The Balaban J connectivity index is 3.16. The van der Waals surface area contributed by atoms with Gasteiger partial charge in [0.15, 0.2) is 0 Å². The second-order valence-electron chi connectivity index (χ2n) is 3.20. The van der Waals surface area contributed by atoms with Gasteiger partial charge in [-0.15, -0.1) is 0 Å². The van der Waals surface area contributed by atoms with Crippen LogP contribution in [0.4, 0.5) is 4.39 Å². The molecule has 1 rings (SSSR count). The number of hydrogen-bond acceptors (Lipinski definition) is 3. The molecule has 15 heavy (non-hydrogen) atoms. The zero-order valence-electron chi connectivity index (χ0n) is 8.16. The van der Waals surface area contributed by atoms with Gasteiger partial charge in [0.05, 0.1) is 0 Å². The van der Waals surface area contributed by atoms with E-state index in [0.717, 1.165) is 6.07 Å². The van der Waals surface area contributed by atoms with Crippen LogP contribution in [0.25, 0.3) is 0 Å². The maximum absolute atomic E-state index is 13.2. The molecule has 1 N–H and O–H groups in total. The lowest BCUT2D eigenvalue weighted by molar-refractivity contribution is 0.528. The number of sulfonamides is 1. The molecular formula is C8H10ClFN2O2S. The van der Waals surface area contributed by atoms with E-state index in [0.29, 0.717) is 0 Å². The number of pyridine rings is 1. The van der Waals surface area contributed by atoms with Gasteiger partial charge in [0.25, 0.3) is 0 Å². The molecule has 0 aliphatic heterocycles. The molecule has 0 spiro atoms. The first kappa shape index (κ1) is 12.4. The van der Waals surface area contributed by atoms with Crippen molar-refractivity contribution in [2.75, 3.05) is 0 Å². The first-order valence-corrected chi connectivity index (χ1v) is 6.03. The Morgan fingerprint density at radius 3 is 2.53 bits per heavy atom. The van der Waals surface area contributed by atoms with Crippen LogP contribution in [0.1, 0.15) is 13.8 Å². The largest absolute Gasteiger partial charge is 0.245 e. The van der Waals surface area contributed by atoms with Crippen molar-refractivity contribution in [2.24, 2.45) is 0 Å². The Bertz CT molecular complexity index is 462. The van der Waals surface area contributed by atoms with Crippen LogP contribution in [-0.2, 0) is 10.0 Å². The van der Waals surface area contributed by atoms with Crippen LogP contribution >= 0.6 is 11.6 Å². The van der Waals surface area contributed by atoms with Crippen molar-refractivity contribution in [3.05, 3.63) is 23.2 Å². The van der Waals surface area contributed by atoms with E-state index in [-0.39, 0.29) is 11.2 Å². The van der Waals surface area contributed by atoms with Crippen molar-refractivity contribution in [1.82, 2.24) is 9.71 Å². The van der Waals surface area contributed by atoms with Crippen molar-refractivity contribution in [3.8, 4) is 0 Å². The van der Waals surface area contributed by atoms with Crippen LogP contribution in [0.15, 0.2) is 17.0 Å². The standard InChI is InChI=1S/C8H10ClFN2O2S/c1-5(2)12-15(13,14)6-3-4-7(9)11-8(6)10/h3-5,12H,1-2H3. The summed E-state index contributed by atoms with van der Waals surface area (Å²) >= 11 is 5.41. The minimum absolute atomic E-state index is 0.0870. The summed E-state index contributed by atoms with van der Waals surface area (Å²) in [5.74, 6) is -1.10. The van der Waals surface area contributed by atoms with Crippen LogP contribution in [0.2, 0.25) is 5.15 Å². The summed E-state index contributed by atoms with van der Waals surface area (Å²) < 4.78 is 38.5. The van der Waals surface area contributed by atoms with E-state index in [1.165, 1.54) is 6.07 Å². The summed E-state index contributed by atoms with van der Waals surface area (Å²) in [6, 6.07) is 1.99. The average molecular weight is 253 g/mol. The lowest BCUT2D eigenvalue weighted by Gasteiger charge is -2.09. The van der Waals surface area contributed by atoms with E-state index in [1.54, 1.807) is 13.8 Å². The molecule has 7 heteroatoms. The van der Waals surface area contributed by atoms with Gasteiger partial charge in [-0.25, -0.2) is 18.1 Å². The first-order chi connectivity index (χ1) is 6.83. The Kier molecular flexibility index (Phi) is 3.64. The summed E-state index contributed by atoms with van der Waals surface area (Å²) in [6.07, 6.45) is 0. The molecule has 0 aliphatic rings. The topological polar surface area (TPSA) is 59.1 Å². The fourth-order valence-electron chi connectivity index (χ4n) is 0.974. The van der Waals surface area contributed by atoms with Gasteiger partial charge in [0, 0.05) is 6.04 Å². The van der Waals surface area contributed by atoms with Gasteiger partial charge in [-0.2, -0.15) is 4.39 Å². The van der Waals surface area contributed by atoms with E-state index < -0.39 is 20.9 Å². The van der Waals surface area contributed by atoms with E-state index in [2.05, 4.69) is 9.71 Å². The van der Waals surface area contributed by atoms with E-state index in [4.69, 9.17) is 11.6 Å². The summed E-state index contributed by atoms with van der Waals surface area (Å²) in [5, 5.41) is -0.0870. The highest BCUT2D eigenvalue weighted by molar-refractivity contribution is 7.89. The maximum atomic E-state index is 13.2. The molecule has 0 atom stereocenters. The Morgan fingerprint density at radius 1 is 1.47 bits per heavy atom. The molecule has 0 saturated carbocycles. The van der Waals surface area contributed by atoms with E-state index in [1.807, 2.05) is 0 Å². The highest BCUT2D eigenvalue weighted by Crippen LogP contribution is 2.15. The Hall–Kier alpha value is -0.720. The molecule has 0 saturated heterocycles. The molecule has 0 amide bonds. The van der Waals surface area contributed by atoms with Crippen molar-refractivity contribution in [1.29, 1.82) is 0 Å². The molecule has 4 nitrogen and oxygen atoms in total. The normalized spacial score (nSPS) is 12.1. The zero-order valence-corrected chi connectivity index (χ0v) is 9.73. The number of halogens is 2. The first-order valence-electron chi connectivity index (χ1n) is 4.17. The van der Waals surface area contributed by atoms with Gasteiger partial charge in [0.1, 0.15) is 10.0 Å². The Morgan fingerprint density at radius 2 is 2.07 bits per heavy atom. The van der Waals surface area contributed by atoms with E-state index in [9.17, 15) is 12.8 Å². The number of nitrogens with zero attached hydrogens (tertiary/aromatic N) is 1. The zero-order chi connectivity index (χ0) is 11.6. The molecule has 1 aromatic rings. The molecular weight excluding hydrogens is 243 g/mol. The quantitative estimate of drug-likeness (QED) is 0.831. The van der Waals surface area contributed by atoms with Crippen LogP contribution in [0.5, 0.6) is 0 Å². The highest BCUT2D eigenvalue weighted by atomic mass is 35.5. The third kappa shape index (κ3) is 3.12. The van der Waals surface area contributed by atoms with Crippen LogP contribution in [-0.4, -0.2) is 19.4 Å². The van der Waals surface area contributed by atoms with Gasteiger partial charge < -0.3 is 0 Å². The van der Waals surface area contributed by atoms with Gasteiger partial charge in [-0.05, 0) is 26.0 Å². The maximum Gasteiger partial charge on any atom is 0.245 e. The Labute approximate surface area is 92.5 Å². The molecule has 0 unspecified atom stereocenters. The van der Waals surface area contributed by atoms with Gasteiger partial charge >= 0.3 is 0 Å². The van der Waals surface area contributed by atoms with Crippen molar-refractivity contribution >= 4 is 21.6 Å². The predicted molar refractivity (Wildman–Crippen MR) is 54.7 cm³/mol. The third-order valence-corrected chi connectivity index (χ3v) is 3.34. The number of nitrogens with one attached hydrogen (secondary N) is 1. The number of hydrogen-bond donors (Lipinski definition) is 1. The lowest BCUT2D eigenvalue weighted by atomic mass is 10.4. The van der Waals surface area contributed by atoms with Gasteiger partial charge in [-0.3, -0.25) is 0 Å². The molecule has 0 radical (unpaired) electrons. The van der Waals surface area contributed by atoms with Gasteiger partial charge in [-0.1, -0.05) is 11.6 Å². The average Bonchev–Trinajstić information content (AvgIpc) is 1.99. The minimum Gasteiger partial charge on any atom is -0.208 e. The second-order valence-corrected chi connectivity index (χ2v) is 5.27. The molecule has 0 aromatic carbocycles. The molecule has 84 valence electrons.